The molecule has 2 aromatic heterocycles. The molecule has 1 aromatic carbocycles. The molecule has 3 rings (SSSR count). The van der Waals surface area contributed by atoms with Gasteiger partial charge in [0, 0.05) is 0 Å². The number of nitriles is 1. The number of ether oxygens (including phenoxy) is 1. The van der Waals surface area contributed by atoms with Crippen LogP contribution in [-0.4, -0.2) is 10.2 Å². The number of halogens is 1. The number of furan rings is 1. The van der Waals surface area contributed by atoms with Gasteiger partial charge in [0.25, 0.3) is 0 Å². The molecule has 0 bridgehead atoms. The lowest BCUT2D eigenvalue weighted by molar-refractivity contribution is 0.302. The van der Waals surface area contributed by atoms with Gasteiger partial charge in [-0.3, -0.25) is 0 Å². The van der Waals surface area contributed by atoms with Crippen LogP contribution in [0.5, 0.6) is 5.75 Å². The lowest BCUT2D eigenvalue weighted by Gasteiger charge is -2.00. The average Bonchev–Trinajstić information content (AvgIpc) is 2.99. The second-order valence-corrected chi connectivity index (χ2v) is 5.25. The second kappa shape index (κ2) is 4.88. The standard InChI is InChI=1S/C12H6ClN3O2S/c13-12-16-15-10(19-12)6-17-11-7-3-1-2-4-8(7)18-9(11)5-14/h1-4H,6H2. The fourth-order valence-corrected chi connectivity index (χ4v) is 2.44. The van der Waals surface area contributed by atoms with E-state index in [1.165, 1.54) is 11.3 Å². The van der Waals surface area contributed by atoms with Crippen molar-refractivity contribution in [2.24, 2.45) is 0 Å². The van der Waals surface area contributed by atoms with Crippen molar-refractivity contribution in [3.8, 4) is 11.8 Å². The molecule has 0 fully saturated rings. The third-order valence-corrected chi connectivity index (χ3v) is 3.43. The number of nitrogens with zero attached hydrogens (tertiary/aromatic N) is 3. The molecule has 0 saturated heterocycles. The zero-order valence-corrected chi connectivity index (χ0v) is 11.0. The Labute approximate surface area is 117 Å². The second-order valence-electron chi connectivity index (χ2n) is 3.61. The molecule has 3 aromatic rings. The van der Waals surface area contributed by atoms with Gasteiger partial charge in [0.1, 0.15) is 18.3 Å². The Bertz CT molecular complexity index is 775. The van der Waals surface area contributed by atoms with Crippen molar-refractivity contribution in [2.75, 3.05) is 0 Å². The summed E-state index contributed by atoms with van der Waals surface area (Å²) >= 11 is 6.93. The van der Waals surface area contributed by atoms with E-state index in [4.69, 9.17) is 26.0 Å². The molecule has 0 atom stereocenters. The number of fused-ring (bicyclic) bond motifs is 1. The molecule has 0 amide bonds. The van der Waals surface area contributed by atoms with E-state index >= 15 is 0 Å². The number of para-hydroxylation sites is 1. The van der Waals surface area contributed by atoms with Crippen LogP contribution in [0.15, 0.2) is 28.7 Å². The number of hydrogen-bond donors (Lipinski definition) is 0. The van der Waals surface area contributed by atoms with Crippen LogP contribution in [0.25, 0.3) is 11.0 Å². The first-order valence-corrected chi connectivity index (χ1v) is 6.49. The van der Waals surface area contributed by atoms with Crippen molar-refractivity contribution < 1.29 is 9.15 Å². The summed E-state index contributed by atoms with van der Waals surface area (Å²) in [6.07, 6.45) is 0. The van der Waals surface area contributed by atoms with Crippen LogP contribution >= 0.6 is 22.9 Å². The summed E-state index contributed by atoms with van der Waals surface area (Å²) in [5, 5.41) is 18.0. The molecule has 2 heterocycles. The highest BCUT2D eigenvalue weighted by atomic mass is 35.5. The maximum Gasteiger partial charge on any atom is 0.246 e. The van der Waals surface area contributed by atoms with Crippen molar-refractivity contribution in [3.05, 3.63) is 39.5 Å². The van der Waals surface area contributed by atoms with Gasteiger partial charge in [-0.2, -0.15) is 5.26 Å². The molecular formula is C12H6ClN3O2S. The minimum absolute atomic E-state index is 0.150. The minimum Gasteiger partial charge on any atom is -0.481 e. The number of benzene rings is 1. The zero-order chi connectivity index (χ0) is 13.2. The van der Waals surface area contributed by atoms with Crippen molar-refractivity contribution in [2.45, 2.75) is 6.61 Å². The molecule has 19 heavy (non-hydrogen) atoms. The Morgan fingerprint density at radius 1 is 1.37 bits per heavy atom. The van der Waals surface area contributed by atoms with Crippen LogP contribution in [0, 0.1) is 11.3 Å². The quantitative estimate of drug-likeness (QED) is 0.739. The lowest BCUT2D eigenvalue weighted by Crippen LogP contribution is -1.95. The molecule has 0 radical (unpaired) electrons. The van der Waals surface area contributed by atoms with Crippen LogP contribution in [-0.2, 0) is 6.61 Å². The molecule has 94 valence electrons. The summed E-state index contributed by atoms with van der Waals surface area (Å²) < 4.78 is 11.4. The van der Waals surface area contributed by atoms with Gasteiger partial charge in [-0.15, -0.1) is 10.2 Å². The normalized spacial score (nSPS) is 10.5. The Hall–Kier alpha value is -2.10. The number of aromatic nitrogens is 2. The van der Waals surface area contributed by atoms with Gasteiger partial charge in [-0.25, -0.2) is 0 Å². The molecular weight excluding hydrogens is 286 g/mol. The molecule has 0 spiro atoms. The van der Waals surface area contributed by atoms with Crippen molar-refractivity contribution >= 4 is 33.9 Å². The monoisotopic (exact) mass is 291 g/mol. The maximum absolute atomic E-state index is 9.05. The van der Waals surface area contributed by atoms with Crippen molar-refractivity contribution in [3.63, 3.8) is 0 Å². The topological polar surface area (TPSA) is 71.9 Å². The molecule has 0 saturated carbocycles. The van der Waals surface area contributed by atoms with Crippen LogP contribution in [0.3, 0.4) is 0 Å². The summed E-state index contributed by atoms with van der Waals surface area (Å²) in [4.78, 5) is 0. The van der Waals surface area contributed by atoms with Crippen molar-refractivity contribution in [1.29, 1.82) is 5.26 Å². The molecule has 0 N–H and O–H groups in total. The van der Waals surface area contributed by atoms with E-state index in [-0.39, 0.29) is 12.4 Å². The van der Waals surface area contributed by atoms with Crippen LogP contribution in [0.4, 0.5) is 0 Å². The van der Waals surface area contributed by atoms with Gasteiger partial charge in [0.2, 0.25) is 10.2 Å². The van der Waals surface area contributed by atoms with Crippen LogP contribution in [0.2, 0.25) is 4.47 Å². The van der Waals surface area contributed by atoms with Crippen molar-refractivity contribution in [1.82, 2.24) is 10.2 Å². The third kappa shape index (κ3) is 2.26. The van der Waals surface area contributed by atoms with Gasteiger partial charge in [-0.1, -0.05) is 23.5 Å². The molecule has 0 unspecified atom stereocenters. The van der Waals surface area contributed by atoms with Crippen LogP contribution in [0.1, 0.15) is 10.8 Å². The van der Waals surface area contributed by atoms with Gasteiger partial charge < -0.3 is 9.15 Å². The first-order valence-electron chi connectivity index (χ1n) is 5.30. The summed E-state index contributed by atoms with van der Waals surface area (Å²) in [5.41, 5.74) is 0.615. The van der Waals surface area contributed by atoms with Crippen LogP contribution < -0.4 is 4.74 Å². The summed E-state index contributed by atoms with van der Waals surface area (Å²) in [6.45, 7) is 0.197. The Morgan fingerprint density at radius 2 is 2.21 bits per heavy atom. The zero-order valence-electron chi connectivity index (χ0n) is 9.46. The van der Waals surface area contributed by atoms with E-state index < -0.39 is 0 Å². The van der Waals surface area contributed by atoms with E-state index in [1.54, 1.807) is 6.07 Å². The predicted molar refractivity (Wildman–Crippen MR) is 70.2 cm³/mol. The number of rotatable bonds is 3. The first-order chi connectivity index (χ1) is 9.28. The Morgan fingerprint density at radius 3 is 2.95 bits per heavy atom. The van der Waals surface area contributed by atoms with Gasteiger partial charge in [-0.05, 0) is 23.7 Å². The van der Waals surface area contributed by atoms with E-state index in [2.05, 4.69) is 10.2 Å². The summed E-state index contributed by atoms with van der Waals surface area (Å²) in [7, 11) is 0. The third-order valence-electron chi connectivity index (χ3n) is 2.43. The molecule has 0 aliphatic rings. The largest absolute Gasteiger partial charge is 0.481 e. The fraction of sp³-hybridized carbons (Fsp3) is 0.0833. The van der Waals surface area contributed by atoms with E-state index in [1.807, 2.05) is 24.3 Å². The molecule has 7 heteroatoms. The van der Waals surface area contributed by atoms with E-state index in [0.29, 0.717) is 20.8 Å². The molecule has 0 aliphatic carbocycles. The first kappa shape index (κ1) is 12.0. The fourth-order valence-electron chi connectivity index (χ4n) is 1.66. The average molecular weight is 292 g/mol. The summed E-state index contributed by atoms with van der Waals surface area (Å²) in [6, 6.07) is 9.28. The smallest absolute Gasteiger partial charge is 0.246 e. The lowest BCUT2D eigenvalue weighted by atomic mass is 10.2. The maximum atomic E-state index is 9.05. The van der Waals surface area contributed by atoms with Gasteiger partial charge in [0.05, 0.1) is 5.39 Å². The highest BCUT2D eigenvalue weighted by Crippen LogP contribution is 2.33. The predicted octanol–water partition coefficient (Wildman–Crippen LogP) is 3.39. The highest BCUT2D eigenvalue weighted by Gasteiger charge is 2.15. The SMILES string of the molecule is N#Cc1oc2ccccc2c1OCc1nnc(Cl)s1. The van der Waals surface area contributed by atoms with E-state index in [0.717, 1.165) is 5.39 Å². The Kier molecular flexibility index (Phi) is 3.07. The van der Waals surface area contributed by atoms with Gasteiger partial charge in [0.15, 0.2) is 10.8 Å². The minimum atomic E-state index is 0.150. The Balaban J connectivity index is 1.93. The van der Waals surface area contributed by atoms with Gasteiger partial charge >= 0.3 is 0 Å². The number of hydrogen-bond acceptors (Lipinski definition) is 6. The van der Waals surface area contributed by atoms with E-state index in [9.17, 15) is 0 Å². The molecule has 5 nitrogen and oxygen atoms in total. The highest BCUT2D eigenvalue weighted by molar-refractivity contribution is 7.15. The summed E-state index contributed by atoms with van der Waals surface area (Å²) in [5.74, 6) is 0.571. The molecule has 0 aliphatic heterocycles.